The highest BCUT2D eigenvalue weighted by molar-refractivity contribution is 9.10. The molecule has 3 rings (SSSR count). The average molecular weight is 505 g/mol. The summed E-state index contributed by atoms with van der Waals surface area (Å²) in [4.78, 5) is 6.38. The molecule has 2 aromatic rings. The van der Waals surface area contributed by atoms with Gasteiger partial charge in [-0.25, -0.2) is 4.85 Å². The zero-order valence-corrected chi connectivity index (χ0v) is 19.7. The van der Waals surface area contributed by atoms with Crippen molar-refractivity contribution in [1.82, 2.24) is 0 Å². The summed E-state index contributed by atoms with van der Waals surface area (Å²) >= 11 is 6.49. The molecule has 0 fully saturated rings. The minimum absolute atomic E-state index is 0.0174. The Kier molecular flexibility index (Phi) is 6.59. The summed E-state index contributed by atoms with van der Waals surface area (Å²) in [5.41, 5.74) is 0.236. The van der Waals surface area contributed by atoms with Crippen molar-refractivity contribution in [3.05, 3.63) is 82.7 Å². The Hall–Kier alpha value is -3.40. The molecule has 1 aliphatic rings. The molecule has 0 aliphatic carbocycles. The van der Waals surface area contributed by atoms with Gasteiger partial charge in [-0.2, -0.15) is 15.8 Å². The van der Waals surface area contributed by atoms with Gasteiger partial charge < -0.3 is 4.74 Å². The number of thiophene rings is 2. The van der Waals surface area contributed by atoms with Gasteiger partial charge in [0.05, 0.1) is 6.57 Å². The smallest absolute Gasteiger partial charge is 0.205 e. The van der Waals surface area contributed by atoms with Gasteiger partial charge in [-0.3, -0.25) is 0 Å². The van der Waals surface area contributed by atoms with Crippen molar-refractivity contribution in [2.45, 2.75) is 19.4 Å². The van der Waals surface area contributed by atoms with E-state index in [2.05, 4.69) is 26.8 Å². The number of hydrogen-bond donors (Lipinski definition) is 0. The van der Waals surface area contributed by atoms with Gasteiger partial charge in [-0.15, -0.1) is 22.7 Å². The maximum absolute atomic E-state index is 9.61. The summed E-state index contributed by atoms with van der Waals surface area (Å²) in [7, 11) is 0. The van der Waals surface area contributed by atoms with Crippen LogP contribution in [0.4, 0.5) is 0 Å². The number of rotatable bonds is 4. The van der Waals surface area contributed by atoms with Gasteiger partial charge in [0, 0.05) is 24.7 Å². The average Bonchev–Trinajstić information content (AvgIpc) is 3.43. The van der Waals surface area contributed by atoms with Crippen LogP contribution < -0.4 is 0 Å². The van der Waals surface area contributed by atoms with Crippen LogP contribution in [0.2, 0.25) is 0 Å². The monoisotopic (exact) mass is 504 g/mol. The lowest BCUT2D eigenvalue weighted by Crippen LogP contribution is -2.20. The predicted octanol–water partition coefficient (Wildman–Crippen LogP) is 6.93. The zero-order valence-electron chi connectivity index (χ0n) is 16.4. The summed E-state index contributed by atoms with van der Waals surface area (Å²) < 4.78 is 6.72. The molecule has 31 heavy (non-hydrogen) atoms. The van der Waals surface area contributed by atoms with Gasteiger partial charge in [-0.1, -0.05) is 12.1 Å². The first-order chi connectivity index (χ1) is 14.8. The Balaban J connectivity index is 1.97. The maximum atomic E-state index is 9.61. The third-order valence-corrected chi connectivity index (χ3v) is 7.28. The third kappa shape index (κ3) is 4.53. The van der Waals surface area contributed by atoms with Crippen molar-refractivity contribution in [3.8, 4) is 18.2 Å². The first-order valence-corrected chi connectivity index (χ1v) is 11.3. The Morgan fingerprint density at radius 1 is 1.19 bits per heavy atom. The molecule has 0 aromatic carbocycles. The molecular formula is C23H13BrN4OS2. The summed E-state index contributed by atoms with van der Waals surface area (Å²) in [6, 6.07) is 11.4. The van der Waals surface area contributed by atoms with E-state index in [0.717, 1.165) is 19.1 Å². The Bertz CT molecular complexity index is 1330. The van der Waals surface area contributed by atoms with Crippen molar-refractivity contribution in [3.63, 3.8) is 0 Å². The van der Waals surface area contributed by atoms with Crippen molar-refractivity contribution >= 4 is 56.5 Å². The van der Waals surface area contributed by atoms with E-state index in [9.17, 15) is 5.26 Å². The molecule has 0 bridgehead atoms. The van der Waals surface area contributed by atoms with Crippen LogP contribution in [0, 0.1) is 40.6 Å². The number of allylic oxidation sites excluding steroid dienone is 2. The first-order valence-electron chi connectivity index (χ1n) is 8.83. The lowest BCUT2D eigenvalue weighted by molar-refractivity contribution is 0.0954. The van der Waals surface area contributed by atoms with Crippen molar-refractivity contribution in [2.75, 3.05) is 0 Å². The van der Waals surface area contributed by atoms with Crippen LogP contribution in [-0.2, 0) is 4.74 Å². The van der Waals surface area contributed by atoms with Gasteiger partial charge in [0.15, 0.2) is 11.3 Å². The predicted molar refractivity (Wildman–Crippen MR) is 126 cm³/mol. The summed E-state index contributed by atoms with van der Waals surface area (Å²) in [6.07, 6.45) is 5.47. The number of halogens is 1. The molecule has 150 valence electrons. The fraction of sp³-hybridized carbons (Fsp3) is 0.130. The molecule has 0 N–H and O–H groups in total. The van der Waals surface area contributed by atoms with Crippen LogP contribution in [0.25, 0.3) is 22.7 Å². The lowest BCUT2D eigenvalue weighted by Gasteiger charge is -2.20. The third-order valence-electron chi connectivity index (χ3n) is 4.39. The highest BCUT2D eigenvalue weighted by Gasteiger charge is 2.38. The molecule has 8 heteroatoms. The van der Waals surface area contributed by atoms with Gasteiger partial charge in [0.25, 0.3) is 0 Å². The van der Waals surface area contributed by atoms with E-state index in [0.29, 0.717) is 11.3 Å². The number of nitrogens with zero attached hydrogens (tertiary/aromatic N) is 4. The van der Waals surface area contributed by atoms with E-state index in [-0.39, 0.29) is 16.9 Å². The van der Waals surface area contributed by atoms with Crippen LogP contribution in [0.3, 0.4) is 0 Å². The molecule has 3 heterocycles. The molecule has 0 radical (unpaired) electrons. The van der Waals surface area contributed by atoms with Crippen molar-refractivity contribution in [1.29, 1.82) is 15.8 Å². The second-order valence-corrected chi connectivity index (χ2v) is 9.67. The van der Waals surface area contributed by atoms with E-state index in [4.69, 9.17) is 21.8 Å². The SMILES string of the molecule is [C-]#[N+]/C(=C\c1sccc1Br)c1ccc(/C=C/C2=C(C#N)C(=C(C#N)C#N)OC2(C)C)s1. The van der Waals surface area contributed by atoms with E-state index < -0.39 is 5.60 Å². The highest BCUT2D eigenvalue weighted by atomic mass is 79.9. The molecular weight excluding hydrogens is 492 g/mol. The first kappa shape index (κ1) is 22.3. The molecule has 0 atom stereocenters. The lowest BCUT2D eigenvalue weighted by atomic mass is 9.94. The van der Waals surface area contributed by atoms with Crippen LogP contribution in [-0.4, -0.2) is 5.60 Å². The summed E-state index contributed by atoms with van der Waals surface area (Å²) in [5.74, 6) is 0.0174. The molecule has 1 aliphatic heterocycles. The Morgan fingerprint density at radius 2 is 1.94 bits per heavy atom. The minimum Gasteiger partial charge on any atom is -0.480 e. The van der Waals surface area contributed by atoms with Crippen LogP contribution >= 0.6 is 38.6 Å². The number of ether oxygens (including phenoxy) is 1. The standard InChI is InChI=1S/C23H13BrN4OS2/c1-23(2)17(16(13-27)22(29-23)14(11-25)12-26)6-4-15-5-7-20(31-15)19(28-3)10-21-18(24)8-9-30-21/h4-10H,1-2H3/b6-4+,19-10-. The fourth-order valence-electron chi connectivity index (χ4n) is 2.92. The van der Waals surface area contributed by atoms with Gasteiger partial charge in [0.2, 0.25) is 5.70 Å². The van der Waals surface area contributed by atoms with Crippen molar-refractivity contribution in [2.24, 2.45) is 0 Å². The maximum Gasteiger partial charge on any atom is 0.205 e. The molecule has 0 spiro atoms. The summed E-state index contributed by atoms with van der Waals surface area (Å²) in [6.45, 7) is 11.1. The summed E-state index contributed by atoms with van der Waals surface area (Å²) in [5, 5.41) is 29.9. The molecule has 2 aromatic heterocycles. The zero-order chi connectivity index (χ0) is 22.6. The van der Waals surface area contributed by atoms with Gasteiger partial charge >= 0.3 is 0 Å². The van der Waals surface area contributed by atoms with E-state index >= 15 is 0 Å². The minimum atomic E-state index is -0.858. The molecule has 0 saturated heterocycles. The Morgan fingerprint density at radius 3 is 2.52 bits per heavy atom. The largest absolute Gasteiger partial charge is 0.480 e. The van der Waals surface area contributed by atoms with Gasteiger partial charge in [-0.05, 0) is 59.4 Å². The van der Waals surface area contributed by atoms with E-state index in [1.54, 1.807) is 43.4 Å². The topological polar surface area (TPSA) is 85.0 Å². The normalized spacial score (nSPS) is 15.2. The van der Waals surface area contributed by atoms with Crippen LogP contribution in [0.1, 0.15) is 28.5 Å². The van der Waals surface area contributed by atoms with Crippen LogP contribution in [0.5, 0.6) is 0 Å². The second kappa shape index (κ2) is 9.17. The Labute approximate surface area is 196 Å². The number of hydrogen-bond acceptors (Lipinski definition) is 6. The quantitative estimate of drug-likeness (QED) is 0.333. The van der Waals surface area contributed by atoms with Crippen molar-refractivity contribution < 1.29 is 4.74 Å². The van der Waals surface area contributed by atoms with E-state index in [1.807, 2.05) is 35.7 Å². The molecule has 5 nitrogen and oxygen atoms in total. The van der Waals surface area contributed by atoms with Crippen LogP contribution in [0.15, 0.2) is 56.6 Å². The molecule has 0 unspecified atom stereocenters. The fourth-order valence-corrected chi connectivity index (χ4v) is 5.20. The number of nitriles is 3. The molecule has 0 saturated carbocycles. The highest BCUT2D eigenvalue weighted by Crippen LogP contribution is 2.40. The molecule has 0 amide bonds. The second-order valence-electron chi connectivity index (χ2n) is 6.75. The van der Waals surface area contributed by atoms with E-state index in [1.165, 1.54) is 11.3 Å². The van der Waals surface area contributed by atoms with Gasteiger partial charge in [0.1, 0.15) is 29.4 Å².